The Hall–Kier alpha value is -2.86. The number of esters is 1. The van der Waals surface area contributed by atoms with Gasteiger partial charge in [-0.3, -0.25) is 10.00 Å². The molecule has 5 rings (SSSR count). The number of anilines is 1. The minimum Gasteiger partial charge on any atom is -0.462 e. The first-order chi connectivity index (χ1) is 14.7. The molecule has 156 valence electrons. The summed E-state index contributed by atoms with van der Waals surface area (Å²) < 4.78 is 5.44. The lowest BCUT2D eigenvalue weighted by molar-refractivity contribution is 0.0486. The van der Waals surface area contributed by atoms with E-state index in [0.29, 0.717) is 24.1 Å². The molecule has 30 heavy (non-hydrogen) atoms. The summed E-state index contributed by atoms with van der Waals surface area (Å²) in [6, 6.07) is 14.6. The number of carbonyl (C=O) groups excluding carboxylic acids is 1. The molecule has 6 heteroatoms. The van der Waals surface area contributed by atoms with Crippen LogP contribution in [0.3, 0.4) is 0 Å². The van der Waals surface area contributed by atoms with Gasteiger partial charge in [0.05, 0.1) is 23.9 Å². The number of likely N-dealkylation sites (tertiary alicyclic amines) is 1. The van der Waals surface area contributed by atoms with Crippen molar-refractivity contribution in [2.45, 2.75) is 38.3 Å². The number of rotatable bonds is 7. The fraction of sp³-hybridized carbons (Fsp3) is 0.417. The van der Waals surface area contributed by atoms with Crippen molar-refractivity contribution in [2.75, 3.05) is 25.0 Å². The lowest BCUT2D eigenvalue weighted by Gasteiger charge is -2.33. The Balaban J connectivity index is 1.18. The molecule has 6 nitrogen and oxygen atoms in total. The monoisotopic (exact) mass is 404 g/mol. The third-order valence-corrected chi connectivity index (χ3v) is 6.03. The van der Waals surface area contributed by atoms with Crippen molar-refractivity contribution in [3.05, 3.63) is 59.8 Å². The van der Waals surface area contributed by atoms with Crippen molar-refractivity contribution < 1.29 is 9.53 Å². The number of carbonyl (C=O) groups is 1. The van der Waals surface area contributed by atoms with Gasteiger partial charge in [-0.15, -0.1) is 0 Å². The molecule has 1 aliphatic heterocycles. The third kappa shape index (κ3) is 4.65. The Morgan fingerprint density at radius 1 is 1.20 bits per heavy atom. The molecule has 3 aromatic rings. The largest absolute Gasteiger partial charge is 0.462 e. The minimum absolute atomic E-state index is 0.198. The highest BCUT2D eigenvalue weighted by Gasteiger charge is 2.24. The second-order valence-corrected chi connectivity index (χ2v) is 8.63. The standard InChI is InChI=1S/C24H28N4O2/c29-24(30-16-17-6-7-17)19-4-1-3-18(11-19)14-28-10-2-5-22(15-28)26-21-8-9-23-20(12-21)13-25-27-23/h1,3-4,8-9,11-13,17,22,26H,2,5-7,10,14-16H2,(H,25,27). The lowest BCUT2D eigenvalue weighted by atomic mass is 10.0. The molecular weight excluding hydrogens is 376 g/mol. The minimum atomic E-state index is -0.198. The number of ether oxygens (including phenoxy) is 1. The maximum Gasteiger partial charge on any atom is 0.338 e. The summed E-state index contributed by atoms with van der Waals surface area (Å²) in [4.78, 5) is 14.8. The molecule has 2 heterocycles. The topological polar surface area (TPSA) is 70.2 Å². The first kappa shape index (κ1) is 19.1. The molecule has 2 fully saturated rings. The number of fused-ring (bicyclic) bond motifs is 1. The average Bonchev–Trinajstić information content (AvgIpc) is 3.48. The molecule has 1 atom stereocenters. The van der Waals surface area contributed by atoms with Crippen LogP contribution in [0.1, 0.15) is 41.6 Å². The Kier molecular flexibility index (Phi) is 5.41. The quantitative estimate of drug-likeness (QED) is 0.578. The molecule has 1 saturated carbocycles. The molecule has 2 aromatic carbocycles. The van der Waals surface area contributed by atoms with E-state index >= 15 is 0 Å². The summed E-state index contributed by atoms with van der Waals surface area (Å²) in [5.41, 5.74) is 4.02. The van der Waals surface area contributed by atoms with Crippen molar-refractivity contribution in [1.29, 1.82) is 0 Å². The van der Waals surface area contributed by atoms with Crippen molar-refractivity contribution >= 4 is 22.6 Å². The zero-order valence-electron chi connectivity index (χ0n) is 17.1. The van der Waals surface area contributed by atoms with Crippen LogP contribution in [0.4, 0.5) is 5.69 Å². The van der Waals surface area contributed by atoms with Gasteiger partial charge in [-0.1, -0.05) is 12.1 Å². The van der Waals surface area contributed by atoms with Crippen molar-refractivity contribution in [2.24, 2.45) is 5.92 Å². The lowest BCUT2D eigenvalue weighted by Crippen LogP contribution is -2.41. The van der Waals surface area contributed by atoms with Crippen LogP contribution < -0.4 is 5.32 Å². The second kappa shape index (κ2) is 8.48. The molecule has 2 N–H and O–H groups in total. The number of benzene rings is 2. The summed E-state index contributed by atoms with van der Waals surface area (Å²) in [5, 5.41) is 11.9. The van der Waals surface area contributed by atoms with E-state index in [1.165, 1.54) is 12.8 Å². The number of nitrogens with zero attached hydrogens (tertiary/aromatic N) is 2. The highest BCUT2D eigenvalue weighted by Crippen LogP contribution is 2.29. The van der Waals surface area contributed by atoms with Gasteiger partial charge in [0, 0.05) is 30.2 Å². The van der Waals surface area contributed by atoms with Gasteiger partial charge >= 0.3 is 5.97 Å². The van der Waals surface area contributed by atoms with Gasteiger partial charge in [0.15, 0.2) is 0 Å². The molecule has 0 bridgehead atoms. The van der Waals surface area contributed by atoms with E-state index in [2.05, 4.69) is 44.7 Å². The first-order valence-corrected chi connectivity index (χ1v) is 10.9. The van der Waals surface area contributed by atoms with Gasteiger partial charge in [0.2, 0.25) is 0 Å². The van der Waals surface area contributed by atoms with Gasteiger partial charge in [-0.2, -0.15) is 5.10 Å². The molecule has 0 amide bonds. The Labute approximate surface area is 176 Å². The van der Waals surface area contributed by atoms with Crippen molar-refractivity contribution in [1.82, 2.24) is 15.1 Å². The number of nitrogens with one attached hydrogen (secondary N) is 2. The average molecular weight is 405 g/mol. The van der Waals surface area contributed by atoms with Crippen LogP contribution in [-0.4, -0.2) is 46.8 Å². The fourth-order valence-electron chi connectivity index (χ4n) is 4.20. The van der Waals surface area contributed by atoms with E-state index < -0.39 is 0 Å². The Morgan fingerprint density at radius 2 is 2.13 bits per heavy atom. The fourth-order valence-corrected chi connectivity index (χ4v) is 4.20. The maximum atomic E-state index is 12.3. The van der Waals surface area contributed by atoms with Crippen LogP contribution in [0.2, 0.25) is 0 Å². The predicted octanol–water partition coefficient (Wildman–Crippen LogP) is 4.21. The predicted molar refractivity (Wildman–Crippen MR) is 117 cm³/mol. The van der Waals surface area contributed by atoms with Gasteiger partial charge in [0.25, 0.3) is 0 Å². The second-order valence-electron chi connectivity index (χ2n) is 8.63. The van der Waals surface area contributed by atoms with Crippen LogP contribution >= 0.6 is 0 Å². The van der Waals surface area contributed by atoms with Crippen molar-refractivity contribution in [3.63, 3.8) is 0 Å². The summed E-state index contributed by atoms with van der Waals surface area (Å²) in [7, 11) is 0. The molecule has 1 saturated heterocycles. The zero-order valence-corrected chi connectivity index (χ0v) is 17.1. The molecule has 0 spiro atoms. The number of aromatic nitrogens is 2. The number of hydrogen-bond acceptors (Lipinski definition) is 5. The van der Waals surface area contributed by atoms with E-state index in [4.69, 9.17) is 4.74 Å². The zero-order chi connectivity index (χ0) is 20.3. The van der Waals surface area contributed by atoms with Crippen LogP contribution in [-0.2, 0) is 11.3 Å². The number of piperidine rings is 1. The molecule has 2 aliphatic rings. The molecule has 1 aliphatic carbocycles. The van der Waals surface area contributed by atoms with Crippen LogP contribution in [0, 0.1) is 5.92 Å². The van der Waals surface area contributed by atoms with Crippen LogP contribution in [0.25, 0.3) is 10.9 Å². The molecule has 0 radical (unpaired) electrons. The first-order valence-electron chi connectivity index (χ1n) is 10.9. The summed E-state index contributed by atoms with van der Waals surface area (Å²) >= 11 is 0. The Bertz CT molecular complexity index is 1030. The number of H-pyrrole nitrogens is 1. The smallest absolute Gasteiger partial charge is 0.338 e. The van der Waals surface area contributed by atoms with E-state index in [-0.39, 0.29) is 5.97 Å². The number of aromatic amines is 1. The van der Waals surface area contributed by atoms with Crippen molar-refractivity contribution in [3.8, 4) is 0 Å². The highest BCUT2D eigenvalue weighted by atomic mass is 16.5. The van der Waals surface area contributed by atoms with E-state index in [9.17, 15) is 4.79 Å². The van der Waals surface area contributed by atoms with E-state index in [1.807, 2.05) is 24.4 Å². The van der Waals surface area contributed by atoms with Gasteiger partial charge < -0.3 is 10.1 Å². The normalized spacial score (nSPS) is 19.7. The van der Waals surface area contributed by atoms with Gasteiger partial charge in [0.1, 0.15) is 0 Å². The summed E-state index contributed by atoms with van der Waals surface area (Å²) in [6.45, 7) is 3.48. The molecular formula is C24H28N4O2. The van der Waals surface area contributed by atoms with Crippen LogP contribution in [0.15, 0.2) is 48.7 Å². The van der Waals surface area contributed by atoms with Gasteiger partial charge in [-0.05, 0) is 74.0 Å². The SMILES string of the molecule is O=C(OCC1CC1)c1cccc(CN2CCCC(Nc3ccc4[nH]ncc4c3)C2)c1. The van der Waals surface area contributed by atoms with Crippen LogP contribution in [0.5, 0.6) is 0 Å². The van der Waals surface area contributed by atoms with E-state index in [1.54, 1.807) is 0 Å². The molecule has 1 aromatic heterocycles. The Morgan fingerprint density at radius 3 is 3.03 bits per heavy atom. The maximum absolute atomic E-state index is 12.3. The van der Waals surface area contributed by atoms with Gasteiger partial charge in [-0.25, -0.2) is 4.79 Å². The summed E-state index contributed by atoms with van der Waals surface area (Å²) in [5.74, 6) is 0.390. The third-order valence-electron chi connectivity index (χ3n) is 6.03. The van der Waals surface area contributed by atoms with E-state index in [0.717, 1.165) is 54.6 Å². The number of hydrogen-bond donors (Lipinski definition) is 2. The highest BCUT2D eigenvalue weighted by molar-refractivity contribution is 5.89. The summed E-state index contributed by atoms with van der Waals surface area (Å²) in [6.07, 6.45) is 6.55. The molecule has 1 unspecified atom stereocenters.